The number of rotatable bonds is 15. The minimum atomic E-state index is -2.75. The number of alkyl halides is 1. The zero-order chi connectivity index (χ0) is 42.9. The SMILES string of the molecule is COc1ccc(C(OC[C@]2(CO)O[C@@H](n3cnc4c(N(C)C)nc(NC(=O)C(C)C)nc43)[C@H](F)[C@@H]2O[Si](C)(C)C(C)(C)C)(c2ccccc2)c2ccc(OC)cc2)cc1. The Kier molecular flexibility index (Phi) is 12.6. The number of carbonyl (C=O) groups excluding carboxylic acids is 1. The summed E-state index contributed by atoms with van der Waals surface area (Å²) in [5.41, 5.74) is -0.180. The molecule has 0 unspecified atom stereocenters. The second kappa shape index (κ2) is 17.0. The normalized spacial score (nSPS) is 19.9. The number of nitrogens with zero attached hydrogens (tertiary/aromatic N) is 5. The van der Waals surface area contributed by atoms with Crippen LogP contribution in [0.4, 0.5) is 16.2 Å². The first-order chi connectivity index (χ1) is 27.9. The van der Waals surface area contributed by atoms with Crippen LogP contribution in [0.3, 0.4) is 0 Å². The number of aromatic nitrogens is 4. The number of aliphatic hydroxyl groups excluding tert-OH is 1. The van der Waals surface area contributed by atoms with E-state index in [1.54, 1.807) is 47.1 Å². The van der Waals surface area contributed by atoms with Crippen LogP contribution in [0.1, 0.15) is 57.5 Å². The minimum absolute atomic E-state index is 0.0347. The third-order valence-corrected chi connectivity index (χ3v) is 16.0. The Morgan fingerprint density at radius 1 is 0.949 bits per heavy atom. The summed E-state index contributed by atoms with van der Waals surface area (Å²) >= 11 is 0. The van der Waals surface area contributed by atoms with E-state index in [-0.39, 0.29) is 35.1 Å². The van der Waals surface area contributed by atoms with Gasteiger partial charge < -0.3 is 33.4 Å². The van der Waals surface area contributed by atoms with Gasteiger partial charge in [0.25, 0.3) is 0 Å². The van der Waals surface area contributed by atoms with Crippen LogP contribution in [-0.4, -0.2) is 98.3 Å². The van der Waals surface area contributed by atoms with Crippen molar-refractivity contribution < 1.29 is 37.7 Å². The van der Waals surface area contributed by atoms with Crippen molar-refractivity contribution in [2.24, 2.45) is 5.92 Å². The number of fused-ring (bicyclic) bond motifs is 1. The maximum Gasteiger partial charge on any atom is 0.233 e. The zero-order valence-corrected chi connectivity index (χ0v) is 36.8. The number of methoxy groups -OCH3 is 2. The number of benzene rings is 3. The van der Waals surface area contributed by atoms with Crippen molar-refractivity contribution in [2.45, 2.75) is 82.5 Å². The minimum Gasteiger partial charge on any atom is -0.497 e. The molecule has 4 atom stereocenters. The van der Waals surface area contributed by atoms with Crippen molar-refractivity contribution in [3.05, 3.63) is 102 Å². The molecule has 1 saturated heterocycles. The highest BCUT2D eigenvalue weighted by molar-refractivity contribution is 6.74. The molecule has 1 aliphatic rings. The number of nitrogens with one attached hydrogen (secondary N) is 1. The second-order valence-corrected chi connectivity index (χ2v) is 21.8. The fraction of sp³-hybridized carbons (Fsp3) is 0.455. The summed E-state index contributed by atoms with van der Waals surface area (Å²) in [5, 5.41) is 14.1. The Hall–Kier alpha value is -4.93. The molecule has 1 fully saturated rings. The van der Waals surface area contributed by atoms with Gasteiger partial charge in [-0.15, -0.1) is 0 Å². The quantitative estimate of drug-likeness (QED) is 0.0801. The first kappa shape index (κ1) is 43.6. The average molecular weight is 829 g/mol. The van der Waals surface area contributed by atoms with Gasteiger partial charge in [0.1, 0.15) is 28.8 Å². The lowest BCUT2D eigenvalue weighted by atomic mass is 9.79. The van der Waals surface area contributed by atoms with Gasteiger partial charge in [-0.1, -0.05) is 89.2 Å². The van der Waals surface area contributed by atoms with Gasteiger partial charge in [-0.25, -0.2) is 9.37 Å². The first-order valence-electron chi connectivity index (χ1n) is 19.7. The van der Waals surface area contributed by atoms with Gasteiger partial charge in [0.2, 0.25) is 11.9 Å². The average Bonchev–Trinajstić information content (AvgIpc) is 3.75. The monoisotopic (exact) mass is 828 g/mol. The van der Waals surface area contributed by atoms with E-state index in [1.165, 1.54) is 10.9 Å². The van der Waals surface area contributed by atoms with Crippen LogP contribution in [0.5, 0.6) is 11.5 Å². The van der Waals surface area contributed by atoms with Gasteiger partial charge in [0.15, 0.2) is 37.7 Å². The van der Waals surface area contributed by atoms with E-state index in [4.69, 9.17) is 23.4 Å². The molecule has 6 rings (SSSR count). The summed E-state index contributed by atoms with van der Waals surface area (Å²) in [7, 11) is 4.04. The van der Waals surface area contributed by atoms with Crippen LogP contribution in [-0.2, 0) is 24.3 Å². The summed E-state index contributed by atoms with van der Waals surface area (Å²) in [6.07, 6.45) is -3.07. The van der Waals surface area contributed by atoms with Gasteiger partial charge in [0, 0.05) is 20.0 Å². The van der Waals surface area contributed by atoms with Crippen molar-refractivity contribution in [2.75, 3.05) is 51.7 Å². The van der Waals surface area contributed by atoms with Crippen LogP contribution in [0.2, 0.25) is 18.1 Å². The lowest BCUT2D eigenvalue weighted by Crippen LogP contribution is -2.57. The molecule has 5 aromatic rings. The van der Waals surface area contributed by atoms with Crippen molar-refractivity contribution in [3.8, 4) is 11.5 Å². The molecular weight excluding hydrogens is 772 g/mol. The van der Waals surface area contributed by atoms with Crippen LogP contribution in [0.15, 0.2) is 85.2 Å². The topological polar surface area (TPSA) is 142 Å². The fourth-order valence-corrected chi connectivity index (χ4v) is 8.33. The van der Waals surface area contributed by atoms with Crippen LogP contribution in [0.25, 0.3) is 11.2 Å². The van der Waals surface area contributed by atoms with E-state index in [2.05, 4.69) is 41.0 Å². The number of hydrogen-bond donors (Lipinski definition) is 2. The van der Waals surface area contributed by atoms with Crippen molar-refractivity contribution in [3.63, 3.8) is 0 Å². The van der Waals surface area contributed by atoms with E-state index in [1.807, 2.05) is 92.0 Å². The molecular formula is C44H57FN6O7Si. The summed E-state index contributed by atoms with van der Waals surface area (Å²) in [6, 6.07) is 24.9. The highest BCUT2D eigenvalue weighted by Gasteiger charge is 2.61. The molecule has 59 heavy (non-hydrogen) atoms. The Morgan fingerprint density at radius 3 is 2.00 bits per heavy atom. The third kappa shape index (κ3) is 8.31. The molecule has 1 amide bonds. The standard InChI is InChI=1S/C44H57FN6O7Si/c1-28(2)39(53)49-41-47-37(50(6)7)35-38(48-41)51(27-46-35)40-34(45)36(58-59(10,11)42(3,4)5)43(25-52,57-40)26-56-44(29-15-13-12-14-16-29,30-17-21-32(54-8)22-18-30)31-19-23-33(55-9)24-20-31/h12-24,27-28,34,36,40,52H,25-26H2,1-11H3,(H,47,48,49,53)/t34-,36+,40-,43+/m1/s1. The molecule has 0 saturated carbocycles. The molecule has 3 heterocycles. The van der Waals surface area contributed by atoms with E-state index in [0.29, 0.717) is 22.8 Å². The van der Waals surface area contributed by atoms with Gasteiger partial charge >= 0.3 is 0 Å². The molecule has 0 spiro atoms. The molecule has 0 bridgehead atoms. The van der Waals surface area contributed by atoms with E-state index >= 15 is 4.39 Å². The number of amides is 1. The molecule has 1 aliphatic heterocycles. The maximum absolute atomic E-state index is 17.8. The number of ether oxygens (including phenoxy) is 4. The molecule has 0 aliphatic carbocycles. The van der Waals surface area contributed by atoms with Crippen LogP contribution < -0.4 is 19.7 Å². The third-order valence-electron chi connectivity index (χ3n) is 11.5. The Balaban J connectivity index is 1.53. The Bertz CT molecular complexity index is 2170. The van der Waals surface area contributed by atoms with Gasteiger partial charge in [-0.3, -0.25) is 14.7 Å². The fourth-order valence-electron chi connectivity index (χ4n) is 6.99. The van der Waals surface area contributed by atoms with E-state index in [9.17, 15) is 9.90 Å². The van der Waals surface area contributed by atoms with Crippen molar-refractivity contribution >= 4 is 37.2 Å². The van der Waals surface area contributed by atoms with Crippen molar-refractivity contribution in [1.82, 2.24) is 19.5 Å². The highest BCUT2D eigenvalue weighted by atomic mass is 28.4. The lowest BCUT2D eigenvalue weighted by Gasteiger charge is -2.44. The number of hydrogen-bond acceptors (Lipinski definition) is 11. The zero-order valence-electron chi connectivity index (χ0n) is 35.8. The molecule has 15 heteroatoms. The predicted molar refractivity (Wildman–Crippen MR) is 228 cm³/mol. The Morgan fingerprint density at radius 2 is 1.51 bits per heavy atom. The molecule has 3 aromatic carbocycles. The number of imidazole rings is 1. The first-order valence-corrected chi connectivity index (χ1v) is 22.6. The summed E-state index contributed by atoms with van der Waals surface area (Å²) in [6.45, 7) is 12.8. The number of halogens is 1. The lowest BCUT2D eigenvalue weighted by molar-refractivity contribution is -0.175. The number of carbonyl (C=O) groups is 1. The van der Waals surface area contributed by atoms with E-state index < -0.39 is 44.6 Å². The van der Waals surface area contributed by atoms with Crippen LogP contribution >= 0.6 is 0 Å². The summed E-state index contributed by atoms with van der Waals surface area (Å²) < 4.78 is 51.4. The highest BCUT2D eigenvalue weighted by Crippen LogP contribution is 2.49. The number of anilines is 2. The smallest absolute Gasteiger partial charge is 0.233 e. The van der Waals surface area contributed by atoms with Crippen LogP contribution in [0, 0.1) is 5.92 Å². The second-order valence-electron chi connectivity index (χ2n) is 17.0. The van der Waals surface area contributed by atoms with Crippen molar-refractivity contribution in [1.29, 1.82) is 0 Å². The predicted octanol–water partition coefficient (Wildman–Crippen LogP) is 7.50. The van der Waals surface area contributed by atoms with Gasteiger partial charge in [-0.05, 0) is 59.1 Å². The largest absolute Gasteiger partial charge is 0.497 e. The van der Waals surface area contributed by atoms with E-state index in [0.717, 1.165) is 16.7 Å². The summed E-state index contributed by atoms with van der Waals surface area (Å²) in [5.74, 6) is 1.14. The molecule has 2 aromatic heterocycles. The van der Waals surface area contributed by atoms with Gasteiger partial charge in [-0.2, -0.15) is 9.97 Å². The van der Waals surface area contributed by atoms with Gasteiger partial charge in [0.05, 0.1) is 33.8 Å². The summed E-state index contributed by atoms with van der Waals surface area (Å²) in [4.78, 5) is 28.4. The molecule has 316 valence electrons. The Labute approximate surface area is 347 Å². The number of aliphatic hydroxyl groups is 1. The molecule has 0 radical (unpaired) electrons. The molecule has 2 N–H and O–H groups in total. The molecule has 13 nitrogen and oxygen atoms in total. The maximum atomic E-state index is 17.8.